The standard InChI is InChI=1S/C32H37BrFN3O5S/c1-3-42-28-17-15-27(16-18-28)37(43(40,41)29-19-13-25(33)14-20-29)22-31(38)36(21-24-9-7-8-12-30(24)34)23(2)32(39)35-26-10-5-4-6-11-26/h7-9,12-20,23,26H,3-6,10-11,21-22H2,1-2H3,(H,35,39). The molecule has 0 spiro atoms. The van der Waals surface area contributed by atoms with E-state index in [9.17, 15) is 22.4 Å². The summed E-state index contributed by atoms with van der Waals surface area (Å²) in [5.74, 6) is -0.983. The third kappa shape index (κ3) is 8.35. The highest BCUT2D eigenvalue weighted by Crippen LogP contribution is 2.28. The summed E-state index contributed by atoms with van der Waals surface area (Å²) >= 11 is 3.33. The molecule has 4 rings (SSSR count). The number of anilines is 1. The first-order valence-corrected chi connectivity index (χ1v) is 16.7. The van der Waals surface area contributed by atoms with Crippen LogP contribution < -0.4 is 14.4 Å². The molecular weight excluding hydrogens is 637 g/mol. The van der Waals surface area contributed by atoms with Gasteiger partial charge in [0.25, 0.3) is 10.0 Å². The van der Waals surface area contributed by atoms with Crippen molar-refractivity contribution < 1.29 is 27.1 Å². The fourth-order valence-corrected chi connectivity index (χ4v) is 6.78. The highest BCUT2D eigenvalue weighted by Gasteiger charge is 2.33. The monoisotopic (exact) mass is 673 g/mol. The normalized spacial score (nSPS) is 14.5. The number of halogens is 2. The van der Waals surface area contributed by atoms with Crippen LogP contribution in [-0.2, 0) is 26.2 Å². The van der Waals surface area contributed by atoms with E-state index >= 15 is 0 Å². The fourth-order valence-electron chi connectivity index (χ4n) is 5.10. The van der Waals surface area contributed by atoms with Gasteiger partial charge in [0.05, 0.1) is 17.2 Å². The van der Waals surface area contributed by atoms with Crippen molar-refractivity contribution >= 4 is 43.5 Å². The molecule has 0 heterocycles. The van der Waals surface area contributed by atoms with E-state index in [1.807, 2.05) is 6.92 Å². The van der Waals surface area contributed by atoms with Gasteiger partial charge in [0.1, 0.15) is 24.2 Å². The number of hydrogen-bond donors (Lipinski definition) is 1. The van der Waals surface area contributed by atoms with Gasteiger partial charge in [0, 0.05) is 22.6 Å². The second-order valence-electron chi connectivity index (χ2n) is 10.5. The first-order chi connectivity index (χ1) is 20.6. The van der Waals surface area contributed by atoms with E-state index in [1.165, 1.54) is 23.1 Å². The zero-order chi connectivity index (χ0) is 31.0. The maximum absolute atomic E-state index is 14.8. The number of nitrogens with one attached hydrogen (secondary N) is 1. The molecule has 0 saturated heterocycles. The van der Waals surface area contributed by atoms with Gasteiger partial charge >= 0.3 is 0 Å². The molecule has 1 N–H and O–H groups in total. The summed E-state index contributed by atoms with van der Waals surface area (Å²) in [6, 6.07) is 17.5. The number of ether oxygens (including phenoxy) is 1. The molecule has 1 saturated carbocycles. The molecule has 0 bridgehead atoms. The largest absolute Gasteiger partial charge is 0.494 e. The van der Waals surface area contributed by atoms with E-state index in [2.05, 4.69) is 21.2 Å². The molecule has 11 heteroatoms. The Bertz CT molecular complexity index is 1500. The molecule has 1 atom stereocenters. The summed E-state index contributed by atoms with van der Waals surface area (Å²) in [5, 5.41) is 3.04. The molecule has 0 radical (unpaired) electrons. The van der Waals surface area contributed by atoms with Gasteiger partial charge in [0.15, 0.2) is 0 Å². The van der Waals surface area contributed by atoms with E-state index < -0.39 is 34.3 Å². The van der Waals surface area contributed by atoms with Crippen LogP contribution >= 0.6 is 15.9 Å². The van der Waals surface area contributed by atoms with Crippen LogP contribution in [0.4, 0.5) is 10.1 Å². The maximum atomic E-state index is 14.8. The van der Waals surface area contributed by atoms with Gasteiger partial charge in [0.2, 0.25) is 11.8 Å². The maximum Gasteiger partial charge on any atom is 0.264 e. The Balaban J connectivity index is 1.68. The van der Waals surface area contributed by atoms with Crippen molar-refractivity contribution in [2.75, 3.05) is 17.5 Å². The summed E-state index contributed by atoms with van der Waals surface area (Å²) in [7, 11) is -4.22. The Morgan fingerprint density at radius 1 is 1.00 bits per heavy atom. The molecule has 1 fully saturated rings. The van der Waals surface area contributed by atoms with Gasteiger partial charge in [-0.1, -0.05) is 53.4 Å². The molecule has 8 nitrogen and oxygen atoms in total. The quantitative estimate of drug-likeness (QED) is 0.253. The molecule has 2 amide bonds. The van der Waals surface area contributed by atoms with Crippen LogP contribution in [0.2, 0.25) is 0 Å². The lowest BCUT2D eigenvalue weighted by Gasteiger charge is -2.33. The van der Waals surface area contributed by atoms with Crippen molar-refractivity contribution in [2.45, 2.75) is 69.5 Å². The number of amides is 2. The van der Waals surface area contributed by atoms with Gasteiger partial charge in [-0.3, -0.25) is 13.9 Å². The molecule has 0 aliphatic heterocycles. The Hall–Kier alpha value is -3.44. The van der Waals surface area contributed by atoms with Crippen molar-refractivity contribution in [2.24, 2.45) is 0 Å². The van der Waals surface area contributed by atoms with Crippen LogP contribution in [0, 0.1) is 5.82 Å². The summed E-state index contributed by atoms with van der Waals surface area (Å²) < 4.78 is 49.9. The minimum absolute atomic E-state index is 0.00671. The minimum Gasteiger partial charge on any atom is -0.494 e. The molecule has 1 unspecified atom stereocenters. The Morgan fingerprint density at radius 2 is 1.65 bits per heavy atom. The van der Waals surface area contributed by atoms with Gasteiger partial charge in [-0.2, -0.15) is 0 Å². The first kappa shape index (κ1) is 32.5. The van der Waals surface area contributed by atoms with E-state index in [4.69, 9.17) is 4.74 Å². The van der Waals surface area contributed by atoms with Crippen molar-refractivity contribution in [1.82, 2.24) is 10.2 Å². The van der Waals surface area contributed by atoms with E-state index in [0.29, 0.717) is 16.8 Å². The fraction of sp³-hybridized carbons (Fsp3) is 0.375. The number of hydrogen-bond acceptors (Lipinski definition) is 5. The molecule has 0 aromatic heterocycles. The third-order valence-corrected chi connectivity index (χ3v) is 9.85. The van der Waals surface area contributed by atoms with E-state index in [-0.39, 0.29) is 34.6 Å². The number of rotatable bonds is 12. The molecule has 230 valence electrons. The van der Waals surface area contributed by atoms with Crippen molar-refractivity contribution in [3.63, 3.8) is 0 Å². The summed E-state index contributed by atoms with van der Waals surface area (Å²) in [6.07, 6.45) is 4.87. The molecule has 3 aromatic carbocycles. The second-order valence-corrected chi connectivity index (χ2v) is 13.3. The van der Waals surface area contributed by atoms with Crippen LogP contribution in [0.25, 0.3) is 0 Å². The second kappa shape index (κ2) is 14.8. The van der Waals surface area contributed by atoms with Crippen LogP contribution in [0.5, 0.6) is 5.75 Å². The van der Waals surface area contributed by atoms with Gasteiger partial charge in [-0.15, -0.1) is 0 Å². The van der Waals surface area contributed by atoms with Gasteiger partial charge in [-0.05, 0) is 81.3 Å². The smallest absolute Gasteiger partial charge is 0.264 e. The lowest BCUT2D eigenvalue weighted by molar-refractivity contribution is -0.139. The van der Waals surface area contributed by atoms with Crippen LogP contribution in [0.3, 0.4) is 0 Å². The molecule has 43 heavy (non-hydrogen) atoms. The minimum atomic E-state index is -4.22. The van der Waals surface area contributed by atoms with Crippen molar-refractivity contribution in [3.8, 4) is 5.75 Å². The lowest BCUT2D eigenvalue weighted by atomic mass is 9.95. The molecule has 1 aliphatic carbocycles. The number of carbonyl (C=O) groups excluding carboxylic acids is 2. The average molecular weight is 675 g/mol. The molecule has 3 aromatic rings. The Kier molecular flexibility index (Phi) is 11.2. The van der Waals surface area contributed by atoms with Gasteiger partial charge in [-0.25, -0.2) is 12.8 Å². The number of benzene rings is 3. The van der Waals surface area contributed by atoms with Crippen LogP contribution in [0.1, 0.15) is 51.5 Å². The van der Waals surface area contributed by atoms with E-state index in [0.717, 1.165) is 36.4 Å². The average Bonchev–Trinajstić information content (AvgIpc) is 3.00. The predicted molar refractivity (Wildman–Crippen MR) is 168 cm³/mol. The zero-order valence-corrected chi connectivity index (χ0v) is 26.7. The Morgan fingerprint density at radius 3 is 2.28 bits per heavy atom. The summed E-state index contributed by atoms with van der Waals surface area (Å²) in [4.78, 5) is 28.7. The van der Waals surface area contributed by atoms with Crippen LogP contribution in [0.15, 0.2) is 82.2 Å². The molecule has 1 aliphatic rings. The summed E-state index contributed by atoms with van der Waals surface area (Å²) in [5.41, 5.74) is 0.460. The van der Waals surface area contributed by atoms with E-state index in [1.54, 1.807) is 61.5 Å². The highest BCUT2D eigenvalue weighted by atomic mass is 79.9. The number of carbonyl (C=O) groups is 2. The van der Waals surface area contributed by atoms with Gasteiger partial charge < -0.3 is 15.0 Å². The first-order valence-electron chi connectivity index (χ1n) is 14.4. The zero-order valence-electron chi connectivity index (χ0n) is 24.3. The van der Waals surface area contributed by atoms with Crippen molar-refractivity contribution in [1.29, 1.82) is 0 Å². The number of nitrogens with zero attached hydrogens (tertiary/aromatic N) is 2. The molecular formula is C32H37BrFN3O5S. The predicted octanol–water partition coefficient (Wildman–Crippen LogP) is 6.05. The third-order valence-electron chi connectivity index (χ3n) is 7.53. The Labute approximate surface area is 261 Å². The van der Waals surface area contributed by atoms with Crippen molar-refractivity contribution in [3.05, 3.63) is 88.6 Å². The van der Waals surface area contributed by atoms with Crippen LogP contribution in [-0.4, -0.2) is 50.4 Å². The number of sulfonamides is 1. The highest BCUT2D eigenvalue weighted by molar-refractivity contribution is 9.10. The lowest BCUT2D eigenvalue weighted by Crippen LogP contribution is -2.53. The summed E-state index contributed by atoms with van der Waals surface area (Å²) in [6.45, 7) is 3.04. The topological polar surface area (TPSA) is 96.0 Å². The SMILES string of the molecule is CCOc1ccc(N(CC(=O)N(Cc2ccccc2F)C(C)C(=O)NC2CCCCC2)S(=O)(=O)c2ccc(Br)cc2)cc1.